The average molecular weight is 374 g/mol. The van der Waals surface area contributed by atoms with E-state index >= 15 is 0 Å². The first-order chi connectivity index (χ1) is 13.0. The number of benzene rings is 1. The van der Waals surface area contributed by atoms with Crippen LogP contribution in [0.4, 0.5) is 10.5 Å². The second-order valence-electron chi connectivity index (χ2n) is 6.57. The van der Waals surface area contributed by atoms with E-state index in [1.807, 2.05) is 31.0 Å². The summed E-state index contributed by atoms with van der Waals surface area (Å²) in [5, 5.41) is 3.37. The third kappa shape index (κ3) is 4.02. The number of carbonyl (C=O) groups is 2. The molecule has 7 nitrogen and oxygen atoms in total. The number of hydrogen-bond acceptors (Lipinski definition) is 7. The second kappa shape index (κ2) is 8.33. The highest BCUT2D eigenvalue weighted by Crippen LogP contribution is 2.39. The van der Waals surface area contributed by atoms with Gasteiger partial charge in [-0.3, -0.25) is 0 Å². The lowest BCUT2D eigenvalue weighted by Crippen LogP contribution is -2.42. The molecule has 2 aliphatic heterocycles. The molecule has 0 saturated heterocycles. The Hall–Kier alpha value is -2.70. The summed E-state index contributed by atoms with van der Waals surface area (Å²) in [6.45, 7) is 4.19. The minimum absolute atomic E-state index is 0.218. The molecule has 27 heavy (non-hydrogen) atoms. The Kier molecular flexibility index (Phi) is 5.88. The molecular formula is C20H26N2O5. The Labute approximate surface area is 159 Å². The highest BCUT2D eigenvalue weighted by Gasteiger charge is 2.31. The highest BCUT2D eigenvalue weighted by molar-refractivity contribution is 5.77. The van der Waals surface area contributed by atoms with Gasteiger partial charge in [-0.05, 0) is 50.8 Å². The molecule has 1 aromatic rings. The standard InChI is InChI=1S/C20H26N2O5/c1-4-25-19(23)15-9-6-8-13-12-14-16(22(3)18(13)21-15)10-7-11-17(14)27-20(24)26-5-2/h7,10-11,15,21H,4-6,8-9,12H2,1-3H3. The first kappa shape index (κ1) is 19.1. The fourth-order valence-corrected chi connectivity index (χ4v) is 3.62. The quantitative estimate of drug-likeness (QED) is 0.641. The summed E-state index contributed by atoms with van der Waals surface area (Å²) < 4.78 is 15.5. The second-order valence-corrected chi connectivity index (χ2v) is 6.57. The Morgan fingerprint density at radius 1 is 1.22 bits per heavy atom. The molecule has 1 aromatic carbocycles. The molecule has 0 aromatic heterocycles. The van der Waals surface area contributed by atoms with Crippen molar-refractivity contribution in [3.8, 4) is 5.75 Å². The summed E-state index contributed by atoms with van der Waals surface area (Å²) in [7, 11) is 1.95. The maximum Gasteiger partial charge on any atom is 0.513 e. The monoisotopic (exact) mass is 374 g/mol. The molecule has 0 spiro atoms. The first-order valence-electron chi connectivity index (χ1n) is 9.40. The zero-order chi connectivity index (χ0) is 19.4. The van der Waals surface area contributed by atoms with Gasteiger partial charge in [0.15, 0.2) is 0 Å². The predicted molar refractivity (Wildman–Crippen MR) is 101 cm³/mol. The maximum atomic E-state index is 12.2. The van der Waals surface area contributed by atoms with Gasteiger partial charge in [0.2, 0.25) is 0 Å². The van der Waals surface area contributed by atoms with E-state index in [4.69, 9.17) is 14.2 Å². The van der Waals surface area contributed by atoms with Gasteiger partial charge < -0.3 is 24.4 Å². The van der Waals surface area contributed by atoms with Gasteiger partial charge in [0, 0.05) is 24.7 Å². The first-order valence-corrected chi connectivity index (χ1v) is 9.40. The number of carbonyl (C=O) groups excluding carboxylic acids is 2. The minimum atomic E-state index is -0.699. The van der Waals surface area contributed by atoms with Gasteiger partial charge in [-0.25, -0.2) is 9.59 Å². The molecule has 0 radical (unpaired) electrons. The van der Waals surface area contributed by atoms with Crippen LogP contribution in [0.25, 0.3) is 0 Å². The molecule has 2 heterocycles. The summed E-state index contributed by atoms with van der Waals surface area (Å²) in [6, 6.07) is 5.25. The van der Waals surface area contributed by atoms with Crippen LogP contribution in [0.15, 0.2) is 29.6 Å². The van der Waals surface area contributed by atoms with Crippen LogP contribution in [-0.4, -0.2) is 38.4 Å². The third-order valence-electron chi connectivity index (χ3n) is 4.84. The lowest BCUT2D eigenvalue weighted by Gasteiger charge is -2.34. The molecule has 146 valence electrons. The normalized spacial score (nSPS) is 18.6. The van der Waals surface area contributed by atoms with Crippen molar-refractivity contribution in [2.75, 3.05) is 25.2 Å². The molecule has 1 unspecified atom stereocenters. The van der Waals surface area contributed by atoms with E-state index in [0.717, 1.165) is 36.3 Å². The predicted octanol–water partition coefficient (Wildman–Crippen LogP) is 3.13. The molecule has 0 fully saturated rings. The van der Waals surface area contributed by atoms with Crippen LogP contribution < -0.4 is 15.0 Å². The lowest BCUT2D eigenvalue weighted by molar-refractivity contribution is -0.145. The van der Waals surface area contributed by atoms with Crippen molar-refractivity contribution in [2.24, 2.45) is 0 Å². The highest BCUT2D eigenvalue weighted by atomic mass is 16.7. The van der Waals surface area contributed by atoms with Gasteiger partial charge in [0.05, 0.1) is 13.2 Å². The van der Waals surface area contributed by atoms with Gasteiger partial charge in [-0.2, -0.15) is 0 Å². The summed E-state index contributed by atoms with van der Waals surface area (Å²) in [6.07, 6.45) is 2.44. The number of nitrogens with zero attached hydrogens (tertiary/aromatic N) is 1. The molecular weight excluding hydrogens is 348 g/mol. The van der Waals surface area contributed by atoms with Gasteiger partial charge >= 0.3 is 12.1 Å². The van der Waals surface area contributed by atoms with Gasteiger partial charge in [-0.1, -0.05) is 6.07 Å². The summed E-state index contributed by atoms with van der Waals surface area (Å²) in [4.78, 5) is 26.0. The number of allylic oxidation sites excluding steroid dienone is 1. The zero-order valence-corrected chi connectivity index (χ0v) is 16.0. The van der Waals surface area contributed by atoms with E-state index < -0.39 is 6.16 Å². The lowest BCUT2D eigenvalue weighted by atomic mass is 9.94. The van der Waals surface area contributed by atoms with E-state index in [0.29, 0.717) is 18.8 Å². The summed E-state index contributed by atoms with van der Waals surface area (Å²) in [5.41, 5.74) is 3.08. The molecule has 0 bridgehead atoms. The number of anilines is 1. The molecule has 2 aliphatic rings. The van der Waals surface area contributed by atoms with Crippen LogP contribution >= 0.6 is 0 Å². The Morgan fingerprint density at radius 2 is 2.00 bits per heavy atom. The van der Waals surface area contributed by atoms with E-state index in [2.05, 4.69) is 5.32 Å². The molecule has 3 rings (SSSR count). The number of fused-ring (bicyclic) bond motifs is 1. The topological polar surface area (TPSA) is 77.1 Å². The van der Waals surface area contributed by atoms with E-state index in [1.165, 1.54) is 5.57 Å². The zero-order valence-electron chi connectivity index (χ0n) is 16.0. The third-order valence-corrected chi connectivity index (χ3v) is 4.84. The number of nitrogens with one attached hydrogen (secondary N) is 1. The molecule has 0 saturated carbocycles. The van der Waals surface area contributed by atoms with Crippen molar-refractivity contribution >= 4 is 17.8 Å². The molecule has 7 heteroatoms. The van der Waals surface area contributed by atoms with Crippen LogP contribution in [0.5, 0.6) is 5.75 Å². The Bertz CT molecular complexity index is 759. The van der Waals surface area contributed by atoms with Crippen LogP contribution in [-0.2, 0) is 20.7 Å². The molecule has 1 N–H and O–H groups in total. The van der Waals surface area contributed by atoms with Crippen LogP contribution in [0.2, 0.25) is 0 Å². The summed E-state index contributed by atoms with van der Waals surface area (Å²) >= 11 is 0. The van der Waals surface area contributed by atoms with Crippen molar-refractivity contribution < 1.29 is 23.8 Å². The number of hydrogen-bond donors (Lipinski definition) is 1. The average Bonchev–Trinajstić information content (AvgIpc) is 2.86. The maximum absolute atomic E-state index is 12.2. The van der Waals surface area contributed by atoms with Gasteiger partial charge in [0.25, 0.3) is 0 Å². The van der Waals surface area contributed by atoms with E-state index in [1.54, 1.807) is 13.0 Å². The largest absolute Gasteiger partial charge is 0.513 e. The van der Waals surface area contributed by atoms with Gasteiger partial charge in [-0.15, -0.1) is 0 Å². The molecule has 1 atom stereocenters. The van der Waals surface area contributed by atoms with E-state index in [9.17, 15) is 9.59 Å². The van der Waals surface area contributed by atoms with E-state index in [-0.39, 0.29) is 18.6 Å². The van der Waals surface area contributed by atoms with Crippen molar-refractivity contribution in [2.45, 2.75) is 45.6 Å². The SMILES string of the molecule is CCOC(=O)Oc1cccc2c1CC1=C(NC(C(=O)OCC)CCC1)N2C. The number of rotatable bonds is 4. The Morgan fingerprint density at radius 3 is 2.74 bits per heavy atom. The van der Waals surface area contributed by atoms with Crippen LogP contribution in [0, 0.1) is 0 Å². The minimum Gasteiger partial charge on any atom is -0.464 e. The number of ether oxygens (including phenoxy) is 3. The van der Waals surface area contributed by atoms with Crippen LogP contribution in [0.3, 0.4) is 0 Å². The molecule has 0 aliphatic carbocycles. The number of esters is 1. The van der Waals surface area contributed by atoms with Gasteiger partial charge in [0.1, 0.15) is 17.6 Å². The van der Waals surface area contributed by atoms with Crippen LogP contribution in [0.1, 0.15) is 38.7 Å². The van der Waals surface area contributed by atoms with Crippen molar-refractivity contribution in [3.05, 3.63) is 35.2 Å². The van der Waals surface area contributed by atoms with Crippen molar-refractivity contribution in [3.63, 3.8) is 0 Å². The molecule has 0 amide bonds. The fraction of sp³-hybridized carbons (Fsp3) is 0.500. The van der Waals surface area contributed by atoms with Crippen molar-refractivity contribution in [1.29, 1.82) is 0 Å². The smallest absolute Gasteiger partial charge is 0.464 e. The fourth-order valence-electron chi connectivity index (χ4n) is 3.62. The Balaban J connectivity index is 1.87. The van der Waals surface area contributed by atoms with Crippen molar-refractivity contribution in [1.82, 2.24) is 5.32 Å². The summed E-state index contributed by atoms with van der Waals surface area (Å²) in [5.74, 6) is 1.23.